The minimum atomic E-state index is -0.828. The van der Waals surface area contributed by atoms with Crippen molar-refractivity contribution in [2.24, 2.45) is 35.5 Å². The lowest BCUT2D eigenvalue weighted by atomic mass is 9.82. The molecule has 0 aromatic rings. The highest BCUT2D eigenvalue weighted by molar-refractivity contribution is 5.82. The summed E-state index contributed by atoms with van der Waals surface area (Å²) in [4.78, 5) is 12.6. The van der Waals surface area contributed by atoms with Gasteiger partial charge in [0.25, 0.3) is 0 Å². The zero-order valence-corrected chi connectivity index (χ0v) is 24.2. The lowest BCUT2D eigenvalue weighted by Gasteiger charge is -2.31. The van der Waals surface area contributed by atoms with Crippen molar-refractivity contribution < 1.29 is 30.0 Å². The van der Waals surface area contributed by atoms with Crippen LogP contribution >= 0.6 is 0 Å². The van der Waals surface area contributed by atoms with E-state index in [4.69, 9.17) is 4.74 Å². The predicted octanol–water partition coefficient (Wildman–Crippen LogP) is 5.14. The van der Waals surface area contributed by atoms with Crippen LogP contribution in [-0.2, 0) is 9.53 Å². The molecule has 0 saturated carbocycles. The zero-order chi connectivity index (χ0) is 28.8. The maximum absolute atomic E-state index is 12.6. The number of rotatable bonds is 3. The zero-order valence-electron chi connectivity index (χ0n) is 24.2. The Kier molecular flexibility index (Phi) is 15.7. The summed E-state index contributed by atoms with van der Waals surface area (Å²) in [6.45, 7) is 15.5. The summed E-state index contributed by atoms with van der Waals surface area (Å²) < 4.78 is 5.81. The van der Waals surface area contributed by atoms with Gasteiger partial charge in [-0.05, 0) is 31.1 Å². The summed E-state index contributed by atoms with van der Waals surface area (Å²) >= 11 is 0. The number of hydrogen-bond donors (Lipinski definition) is 4. The number of hydrogen-bond acceptors (Lipinski definition) is 6. The van der Waals surface area contributed by atoms with Crippen LogP contribution < -0.4 is 0 Å². The second-order valence-corrected chi connectivity index (χ2v) is 11.4. The molecule has 1 rings (SSSR count). The quantitative estimate of drug-likeness (QED) is 0.228. The standard InChI is InChI=1S/C32H52O6/c1-8-9-12-24(5)32-26(7)28(34)18-15-21(2)19-25(6)31(37)23(4)16-17-27(33)20-29(35)22(3)13-10-11-14-30(36)38-32/h8-14,16-17,21-29,31-35,37H,1,15,18-20H2,2-7H3. The van der Waals surface area contributed by atoms with Crippen LogP contribution in [0.3, 0.4) is 0 Å². The van der Waals surface area contributed by atoms with Gasteiger partial charge in [-0.15, -0.1) is 0 Å². The molecule has 0 spiro atoms. The van der Waals surface area contributed by atoms with Crippen LogP contribution in [0.4, 0.5) is 0 Å². The molecule has 0 aromatic heterocycles. The summed E-state index contributed by atoms with van der Waals surface area (Å²) in [7, 11) is 0. The molecule has 6 heteroatoms. The molecule has 6 nitrogen and oxygen atoms in total. The van der Waals surface area contributed by atoms with Crippen LogP contribution in [0.5, 0.6) is 0 Å². The Morgan fingerprint density at radius 1 is 0.921 bits per heavy atom. The lowest BCUT2D eigenvalue weighted by molar-refractivity contribution is -0.150. The highest BCUT2D eigenvalue weighted by atomic mass is 16.5. The lowest BCUT2D eigenvalue weighted by Crippen LogP contribution is -2.37. The number of cyclic esters (lactones) is 1. The SMILES string of the molecule is C=CC=CC(C)C1OC(=O)C=CC=CC(C)C(O)CC(O)C=CC(C)C(O)C(C)CC(C)CCC(O)C1C. The van der Waals surface area contributed by atoms with Gasteiger partial charge in [0.15, 0.2) is 0 Å². The molecule has 1 heterocycles. The molecule has 11 unspecified atom stereocenters. The molecule has 11 atom stereocenters. The molecule has 0 radical (unpaired) electrons. The summed E-state index contributed by atoms with van der Waals surface area (Å²) in [5.74, 6) is -0.976. The molecule has 1 aliphatic heterocycles. The second-order valence-electron chi connectivity index (χ2n) is 11.4. The average molecular weight is 533 g/mol. The first-order valence-electron chi connectivity index (χ1n) is 14.1. The Morgan fingerprint density at radius 2 is 1.61 bits per heavy atom. The van der Waals surface area contributed by atoms with Crippen LogP contribution in [0, 0.1) is 35.5 Å². The molecule has 0 bridgehead atoms. The molecule has 0 amide bonds. The van der Waals surface area contributed by atoms with E-state index in [-0.39, 0.29) is 41.9 Å². The van der Waals surface area contributed by atoms with Crippen LogP contribution in [0.1, 0.15) is 67.2 Å². The number of ether oxygens (including phenoxy) is 1. The molecular formula is C32H52O6. The fraction of sp³-hybridized carbons (Fsp3) is 0.656. The average Bonchev–Trinajstić information content (AvgIpc) is 2.88. The molecular weight excluding hydrogens is 480 g/mol. The third kappa shape index (κ3) is 12.2. The van der Waals surface area contributed by atoms with Crippen molar-refractivity contribution in [1.82, 2.24) is 0 Å². The first-order valence-corrected chi connectivity index (χ1v) is 14.1. The molecule has 0 aromatic carbocycles. The number of allylic oxidation sites excluding steroid dienone is 4. The smallest absolute Gasteiger partial charge is 0.331 e. The summed E-state index contributed by atoms with van der Waals surface area (Å²) in [5.41, 5.74) is 0. The number of esters is 1. The maximum Gasteiger partial charge on any atom is 0.331 e. The molecule has 0 fully saturated rings. The van der Waals surface area contributed by atoms with Crippen molar-refractivity contribution in [3.8, 4) is 0 Å². The van der Waals surface area contributed by atoms with Gasteiger partial charge in [0.05, 0.1) is 24.4 Å². The van der Waals surface area contributed by atoms with Gasteiger partial charge in [-0.25, -0.2) is 4.79 Å². The van der Waals surface area contributed by atoms with Gasteiger partial charge in [-0.1, -0.05) is 96.7 Å². The first kappa shape index (κ1) is 34.0. The van der Waals surface area contributed by atoms with E-state index in [1.165, 1.54) is 6.08 Å². The van der Waals surface area contributed by atoms with Crippen LogP contribution in [0.15, 0.2) is 61.3 Å². The Labute approximate surface area is 230 Å². The second kappa shape index (κ2) is 17.6. The minimum absolute atomic E-state index is 0.0366. The van der Waals surface area contributed by atoms with Crippen LogP contribution in [0.25, 0.3) is 0 Å². The van der Waals surface area contributed by atoms with Crippen molar-refractivity contribution >= 4 is 5.97 Å². The normalized spacial score (nSPS) is 38.2. The van der Waals surface area contributed by atoms with E-state index in [1.54, 1.807) is 30.4 Å². The first-order chi connectivity index (χ1) is 17.9. The molecule has 0 aliphatic carbocycles. The highest BCUT2D eigenvalue weighted by Gasteiger charge is 2.31. The van der Waals surface area contributed by atoms with Gasteiger partial charge in [0.2, 0.25) is 0 Å². The van der Waals surface area contributed by atoms with Crippen molar-refractivity contribution in [2.75, 3.05) is 0 Å². The Balaban J connectivity index is 3.17. The number of aliphatic hydroxyl groups is 4. The van der Waals surface area contributed by atoms with E-state index < -0.39 is 36.5 Å². The van der Waals surface area contributed by atoms with E-state index in [2.05, 4.69) is 13.5 Å². The van der Waals surface area contributed by atoms with Crippen LogP contribution in [-0.4, -0.2) is 56.9 Å². The van der Waals surface area contributed by atoms with Gasteiger partial charge in [0.1, 0.15) is 6.10 Å². The van der Waals surface area contributed by atoms with Crippen molar-refractivity contribution in [3.05, 3.63) is 61.3 Å². The van der Waals surface area contributed by atoms with E-state index >= 15 is 0 Å². The minimum Gasteiger partial charge on any atom is -0.458 e. The van der Waals surface area contributed by atoms with Gasteiger partial charge in [-0.2, -0.15) is 0 Å². The van der Waals surface area contributed by atoms with Gasteiger partial charge >= 0.3 is 5.97 Å². The Hall–Kier alpha value is -1.99. The van der Waals surface area contributed by atoms with E-state index in [0.717, 1.165) is 12.8 Å². The maximum atomic E-state index is 12.6. The Morgan fingerprint density at radius 3 is 2.26 bits per heavy atom. The third-order valence-corrected chi connectivity index (χ3v) is 7.78. The van der Waals surface area contributed by atoms with Crippen molar-refractivity contribution in [1.29, 1.82) is 0 Å². The van der Waals surface area contributed by atoms with Gasteiger partial charge in [0, 0.05) is 36.2 Å². The number of aliphatic hydroxyl groups excluding tert-OH is 4. The molecule has 38 heavy (non-hydrogen) atoms. The number of carbonyl (C=O) groups excluding carboxylic acids is 1. The molecule has 1 aliphatic rings. The summed E-state index contributed by atoms with van der Waals surface area (Å²) in [6.07, 6.45) is 14.2. The van der Waals surface area contributed by atoms with E-state index in [9.17, 15) is 25.2 Å². The van der Waals surface area contributed by atoms with Gasteiger partial charge in [-0.3, -0.25) is 0 Å². The van der Waals surface area contributed by atoms with Crippen molar-refractivity contribution in [3.63, 3.8) is 0 Å². The fourth-order valence-corrected chi connectivity index (χ4v) is 5.04. The summed E-state index contributed by atoms with van der Waals surface area (Å²) in [6, 6.07) is 0. The monoisotopic (exact) mass is 532 g/mol. The number of carbonyl (C=O) groups is 1. The fourth-order valence-electron chi connectivity index (χ4n) is 5.04. The predicted molar refractivity (Wildman–Crippen MR) is 154 cm³/mol. The molecule has 216 valence electrons. The van der Waals surface area contributed by atoms with E-state index in [0.29, 0.717) is 6.42 Å². The van der Waals surface area contributed by atoms with Gasteiger partial charge < -0.3 is 25.2 Å². The largest absolute Gasteiger partial charge is 0.458 e. The van der Waals surface area contributed by atoms with E-state index in [1.807, 2.05) is 52.8 Å². The van der Waals surface area contributed by atoms with Crippen molar-refractivity contribution in [2.45, 2.75) is 97.7 Å². The molecule has 4 N–H and O–H groups in total. The Bertz CT molecular complexity index is 815. The highest BCUT2D eigenvalue weighted by Crippen LogP contribution is 2.28. The third-order valence-electron chi connectivity index (χ3n) is 7.78. The van der Waals surface area contributed by atoms with Crippen LogP contribution in [0.2, 0.25) is 0 Å². The summed E-state index contributed by atoms with van der Waals surface area (Å²) in [5, 5.41) is 42.7. The topological polar surface area (TPSA) is 107 Å². The molecule has 0 saturated heterocycles.